The highest BCUT2D eigenvalue weighted by molar-refractivity contribution is 6.42. The van der Waals surface area contributed by atoms with E-state index in [0.717, 1.165) is 44.3 Å². The van der Waals surface area contributed by atoms with Crippen LogP contribution in [0.25, 0.3) is 0 Å². The second kappa shape index (κ2) is 8.05. The van der Waals surface area contributed by atoms with Gasteiger partial charge in [0.1, 0.15) is 10.9 Å². The van der Waals surface area contributed by atoms with Crippen LogP contribution in [0.15, 0.2) is 29.4 Å². The van der Waals surface area contributed by atoms with Gasteiger partial charge in [-0.2, -0.15) is 5.10 Å². The van der Waals surface area contributed by atoms with Gasteiger partial charge in [0.05, 0.1) is 22.3 Å². The third-order valence-electron chi connectivity index (χ3n) is 5.52. The monoisotopic (exact) mass is 438 g/mol. The summed E-state index contributed by atoms with van der Waals surface area (Å²) in [6, 6.07) is 5.02. The van der Waals surface area contributed by atoms with E-state index in [1.807, 2.05) is 24.0 Å². The highest BCUT2D eigenvalue weighted by Gasteiger charge is 2.41. The van der Waals surface area contributed by atoms with Gasteiger partial charge in [-0.1, -0.05) is 59.8 Å². The van der Waals surface area contributed by atoms with Crippen LogP contribution in [0, 0.1) is 5.92 Å². The lowest BCUT2D eigenvalue weighted by atomic mass is 9.87. The Balaban J connectivity index is 1.83. The minimum Gasteiger partial charge on any atom is -0.342 e. The molecule has 0 aliphatic carbocycles. The summed E-state index contributed by atoms with van der Waals surface area (Å²) in [6.07, 6.45) is 5.91. The molecule has 0 radical (unpaired) electrons. The Morgan fingerprint density at radius 2 is 1.79 bits per heavy atom. The molecule has 2 unspecified atom stereocenters. The van der Waals surface area contributed by atoms with E-state index in [-0.39, 0.29) is 5.91 Å². The second-order valence-electron chi connectivity index (χ2n) is 7.32. The third-order valence-corrected chi connectivity index (χ3v) is 6.62. The van der Waals surface area contributed by atoms with Crippen molar-refractivity contribution in [1.82, 2.24) is 14.7 Å². The molecule has 1 amide bonds. The van der Waals surface area contributed by atoms with E-state index >= 15 is 0 Å². The van der Waals surface area contributed by atoms with Crippen LogP contribution < -0.4 is 0 Å². The highest BCUT2D eigenvalue weighted by atomic mass is 35.5. The normalized spacial score (nSPS) is 22.4. The first-order chi connectivity index (χ1) is 13.5. The Morgan fingerprint density at radius 1 is 1.07 bits per heavy atom. The van der Waals surface area contributed by atoms with E-state index in [2.05, 4.69) is 10.1 Å². The quantitative estimate of drug-likeness (QED) is 0.615. The molecule has 0 spiro atoms. The van der Waals surface area contributed by atoms with Crippen molar-refractivity contribution in [2.45, 2.75) is 38.6 Å². The van der Waals surface area contributed by atoms with Crippen molar-refractivity contribution in [2.24, 2.45) is 10.9 Å². The van der Waals surface area contributed by atoms with Crippen LogP contribution in [0.2, 0.25) is 15.1 Å². The predicted molar refractivity (Wildman–Crippen MR) is 113 cm³/mol. The minimum atomic E-state index is -0.502. The number of benzene rings is 1. The van der Waals surface area contributed by atoms with Crippen LogP contribution in [-0.4, -0.2) is 39.4 Å². The summed E-state index contributed by atoms with van der Waals surface area (Å²) in [4.78, 5) is 20.2. The molecule has 0 N–H and O–H groups in total. The fourth-order valence-electron chi connectivity index (χ4n) is 4.11. The van der Waals surface area contributed by atoms with Gasteiger partial charge in [-0.25, -0.2) is 9.67 Å². The summed E-state index contributed by atoms with van der Waals surface area (Å²) in [5, 5.41) is 5.74. The van der Waals surface area contributed by atoms with Gasteiger partial charge >= 0.3 is 0 Å². The SMILES string of the molecule is CC1=Nc2c(Cl)cnn2C(c2cccc(Cl)c2Cl)C1C(=O)N1CCCCCC1. The minimum absolute atomic E-state index is 0.0569. The molecule has 2 atom stereocenters. The Labute approximate surface area is 179 Å². The Bertz CT molecular complexity index is 932. The number of nitrogens with zero attached hydrogens (tertiary/aromatic N) is 4. The summed E-state index contributed by atoms with van der Waals surface area (Å²) >= 11 is 19.1. The molecule has 2 aliphatic heterocycles. The molecule has 1 aromatic carbocycles. The first-order valence-corrected chi connectivity index (χ1v) is 10.6. The van der Waals surface area contributed by atoms with Gasteiger partial charge in [0.15, 0.2) is 5.82 Å². The predicted octanol–water partition coefficient (Wildman–Crippen LogP) is 5.56. The molecule has 28 heavy (non-hydrogen) atoms. The highest BCUT2D eigenvalue weighted by Crippen LogP contribution is 2.43. The summed E-state index contributed by atoms with van der Waals surface area (Å²) in [5.41, 5.74) is 1.46. The fraction of sp³-hybridized carbons (Fsp3) is 0.450. The maximum Gasteiger partial charge on any atom is 0.233 e. The number of likely N-dealkylation sites (tertiary alicyclic amines) is 1. The number of fused-ring (bicyclic) bond motifs is 1. The molecule has 1 fully saturated rings. The van der Waals surface area contributed by atoms with E-state index in [1.165, 1.54) is 0 Å². The van der Waals surface area contributed by atoms with Crippen LogP contribution in [0.1, 0.15) is 44.2 Å². The maximum absolute atomic E-state index is 13.6. The van der Waals surface area contributed by atoms with Crippen LogP contribution in [0.5, 0.6) is 0 Å². The molecule has 2 aliphatic rings. The van der Waals surface area contributed by atoms with Crippen molar-refractivity contribution in [2.75, 3.05) is 13.1 Å². The number of halogens is 3. The van der Waals surface area contributed by atoms with Gasteiger partial charge in [-0.05, 0) is 31.4 Å². The molecule has 1 aromatic heterocycles. The molecule has 0 saturated carbocycles. The average molecular weight is 440 g/mol. The van der Waals surface area contributed by atoms with Gasteiger partial charge in [0, 0.05) is 18.8 Å². The molecular weight excluding hydrogens is 419 g/mol. The van der Waals surface area contributed by atoms with Crippen molar-refractivity contribution in [3.05, 3.63) is 45.0 Å². The number of amides is 1. The lowest BCUT2D eigenvalue weighted by Crippen LogP contribution is -2.45. The molecule has 5 nitrogen and oxygen atoms in total. The van der Waals surface area contributed by atoms with E-state index in [1.54, 1.807) is 16.9 Å². The third kappa shape index (κ3) is 3.44. The van der Waals surface area contributed by atoms with Gasteiger partial charge in [-0.3, -0.25) is 4.79 Å². The number of rotatable bonds is 2. The number of hydrogen-bond acceptors (Lipinski definition) is 3. The number of carbonyl (C=O) groups is 1. The largest absolute Gasteiger partial charge is 0.342 e. The summed E-state index contributed by atoms with van der Waals surface area (Å²) < 4.78 is 1.70. The fourth-order valence-corrected chi connectivity index (χ4v) is 4.70. The van der Waals surface area contributed by atoms with E-state index in [0.29, 0.717) is 26.6 Å². The number of aliphatic imine (C=N–C) groups is 1. The van der Waals surface area contributed by atoms with Crippen molar-refractivity contribution < 1.29 is 4.79 Å². The van der Waals surface area contributed by atoms with Crippen molar-refractivity contribution in [1.29, 1.82) is 0 Å². The van der Waals surface area contributed by atoms with Crippen molar-refractivity contribution in [3.63, 3.8) is 0 Å². The van der Waals surface area contributed by atoms with E-state index in [4.69, 9.17) is 34.8 Å². The lowest BCUT2D eigenvalue weighted by Gasteiger charge is -2.35. The van der Waals surface area contributed by atoms with Gasteiger partial charge < -0.3 is 4.90 Å². The standard InChI is InChI=1S/C20H21Cl3N4O/c1-12-16(20(28)26-9-4-2-3-5-10-26)18(13-7-6-8-14(21)17(13)23)27-19(25-12)15(22)11-24-27/h6-8,11,16,18H,2-5,9-10H2,1H3. The first-order valence-electron chi connectivity index (χ1n) is 9.50. The molecule has 4 rings (SSSR count). The van der Waals surface area contributed by atoms with Crippen LogP contribution in [-0.2, 0) is 4.79 Å². The van der Waals surface area contributed by atoms with Crippen molar-refractivity contribution >= 4 is 52.2 Å². The zero-order valence-electron chi connectivity index (χ0n) is 15.5. The molecule has 8 heteroatoms. The molecule has 3 heterocycles. The van der Waals surface area contributed by atoms with Gasteiger partial charge in [-0.15, -0.1) is 0 Å². The van der Waals surface area contributed by atoms with Crippen LogP contribution >= 0.6 is 34.8 Å². The molecular formula is C20H21Cl3N4O. The Kier molecular flexibility index (Phi) is 5.68. The topological polar surface area (TPSA) is 50.5 Å². The molecule has 0 bridgehead atoms. The Hall–Kier alpha value is -1.56. The van der Waals surface area contributed by atoms with Crippen LogP contribution in [0.3, 0.4) is 0 Å². The first kappa shape index (κ1) is 19.7. The average Bonchev–Trinajstić information content (AvgIpc) is 2.88. The van der Waals surface area contributed by atoms with E-state index < -0.39 is 12.0 Å². The van der Waals surface area contributed by atoms with Gasteiger partial charge in [0.25, 0.3) is 0 Å². The second-order valence-corrected chi connectivity index (χ2v) is 8.51. The molecule has 1 saturated heterocycles. The maximum atomic E-state index is 13.6. The smallest absolute Gasteiger partial charge is 0.233 e. The molecule has 2 aromatic rings. The Morgan fingerprint density at radius 3 is 2.50 bits per heavy atom. The van der Waals surface area contributed by atoms with Crippen LogP contribution in [0.4, 0.5) is 5.82 Å². The lowest BCUT2D eigenvalue weighted by molar-refractivity contribution is -0.134. The van der Waals surface area contributed by atoms with Gasteiger partial charge in [0.2, 0.25) is 5.91 Å². The summed E-state index contributed by atoms with van der Waals surface area (Å²) in [6.45, 7) is 3.41. The van der Waals surface area contributed by atoms with Crippen molar-refractivity contribution in [3.8, 4) is 0 Å². The zero-order chi connectivity index (χ0) is 19.8. The van der Waals surface area contributed by atoms with E-state index in [9.17, 15) is 4.79 Å². The summed E-state index contributed by atoms with van der Waals surface area (Å²) in [7, 11) is 0. The molecule has 148 valence electrons. The summed E-state index contributed by atoms with van der Waals surface area (Å²) in [5.74, 6) is 0.0964. The number of aromatic nitrogens is 2. The zero-order valence-corrected chi connectivity index (χ0v) is 17.8. The number of carbonyl (C=O) groups excluding carboxylic acids is 1. The number of hydrogen-bond donors (Lipinski definition) is 0.